The first-order valence-electron chi connectivity index (χ1n) is 4.18. The number of ether oxygens (including phenoxy) is 2. The molecule has 0 radical (unpaired) electrons. The van der Waals surface area contributed by atoms with Crippen molar-refractivity contribution in [2.45, 2.75) is 19.2 Å². The van der Waals surface area contributed by atoms with Gasteiger partial charge in [-0.3, -0.25) is 4.90 Å². The number of urea groups is 1. The molecule has 0 aromatic heterocycles. The van der Waals surface area contributed by atoms with Crippen LogP contribution in [0.1, 0.15) is 6.92 Å². The molecule has 2 amide bonds. The van der Waals surface area contributed by atoms with Gasteiger partial charge < -0.3 is 14.4 Å². The van der Waals surface area contributed by atoms with Crippen LogP contribution in [-0.2, 0) is 9.47 Å². The molecule has 1 aliphatic heterocycles. The minimum Gasteiger partial charge on any atom is -0.364 e. The molecule has 0 bridgehead atoms. The third-order valence-electron chi connectivity index (χ3n) is 2.39. The first kappa shape index (κ1) is 10.3. The Labute approximate surface area is 78.2 Å². The first-order valence-corrected chi connectivity index (χ1v) is 4.18. The Morgan fingerprint density at radius 3 is 2.54 bits per heavy atom. The van der Waals surface area contributed by atoms with Gasteiger partial charge in [-0.1, -0.05) is 0 Å². The summed E-state index contributed by atoms with van der Waals surface area (Å²) in [6.45, 7) is 2.22. The van der Waals surface area contributed by atoms with Gasteiger partial charge in [0.15, 0.2) is 6.23 Å². The summed E-state index contributed by atoms with van der Waals surface area (Å²) in [5.41, 5.74) is 0. The molecule has 1 fully saturated rings. The molecule has 0 aromatic rings. The van der Waals surface area contributed by atoms with E-state index in [1.54, 1.807) is 31.1 Å². The maximum Gasteiger partial charge on any atom is 0.324 e. The zero-order valence-corrected chi connectivity index (χ0v) is 8.48. The van der Waals surface area contributed by atoms with E-state index >= 15 is 0 Å². The van der Waals surface area contributed by atoms with Crippen LogP contribution >= 0.6 is 0 Å². The second kappa shape index (κ2) is 3.93. The van der Waals surface area contributed by atoms with Crippen molar-refractivity contribution in [1.29, 1.82) is 0 Å². The Morgan fingerprint density at radius 1 is 1.46 bits per heavy atom. The van der Waals surface area contributed by atoms with Gasteiger partial charge >= 0.3 is 6.03 Å². The molecule has 1 heterocycles. The number of hydrogen-bond donors (Lipinski definition) is 0. The van der Waals surface area contributed by atoms with Crippen molar-refractivity contribution in [2.75, 3.05) is 28.0 Å². The van der Waals surface area contributed by atoms with Crippen molar-refractivity contribution in [2.24, 2.45) is 0 Å². The predicted octanol–water partition coefficient (Wildman–Crippen LogP) is 0.319. The largest absolute Gasteiger partial charge is 0.364 e. The predicted molar refractivity (Wildman–Crippen MR) is 47.1 cm³/mol. The molecule has 2 atom stereocenters. The molecular weight excluding hydrogens is 172 g/mol. The van der Waals surface area contributed by atoms with Crippen molar-refractivity contribution in [3.63, 3.8) is 0 Å². The van der Waals surface area contributed by atoms with E-state index in [2.05, 4.69) is 0 Å². The number of carbonyl (C=O) groups excluding carboxylic acids is 1. The molecular formula is C8H16N2O3. The summed E-state index contributed by atoms with van der Waals surface area (Å²) < 4.78 is 10.1. The van der Waals surface area contributed by atoms with E-state index < -0.39 is 0 Å². The number of methoxy groups -OCH3 is 2. The Balaban J connectivity index is 2.74. The summed E-state index contributed by atoms with van der Waals surface area (Å²) in [6, 6.07) is 0.00819. The highest BCUT2D eigenvalue weighted by atomic mass is 16.5. The first-order chi connectivity index (χ1) is 6.13. The number of likely N-dealkylation sites (N-methyl/N-ethyl adjacent to an activating group) is 1. The fourth-order valence-corrected chi connectivity index (χ4v) is 1.53. The summed E-state index contributed by atoms with van der Waals surface area (Å²) >= 11 is 0. The molecule has 0 N–H and O–H groups in total. The van der Waals surface area contributed by atoms with E-state index in [0.29, 0.717) is 0 Å². The number of hydrogen-bond acceptors (Lipinski definition) is 3. The van der Waals surface area contributed by atoms with Crippen LogP contribution in [0.4, 0.5) is 4.79 Å². The molecule has 0 aliphatic carbocycles. The third-order valence-corrected chi connectivity index (χ3v) is 2.39. The fourth-order valence-electron chi connectivity index (χ4n) is 1.53. The van der Waals surface area contributed by atoms with Crippen LogP contribution in [0.2, 0.25) is 0 Å². The second-order valence-electron chi connectivity index (χ2n) is 3.15. The fraction of sp³-hybridized carbons (Fsp3) is 0.875. The normalized spacial score (nSPS) is 28.8. The second-order valence-corrected chi connectivity index (χ2v) is 3.15. The number of amides is 2. The molecule has 1 rings (SSSR count). The van der Waals surface area contributed by atoms with Gasteiger partial charge in [-0.15, -0.1) is 0 Å². The van der Waals surface area contributed by atoms with Crippen molar-refractivity contribution >= 4 is 6.03 Å². The van der Waals surface area contributed by atoms with Crippen molar-refractivity contribution in [3.05, 3.63) is 0 Å². The average Bonchev–Trinajstić information content (AvgIpc) is 2.32. The molecule has 76 valence electrons. The minimum atomic E-state index is -0.211. The van der Waals surface area contributed by atoms with Crippen LogP contribution in [0.15, 0.2) is 0 Å². The van der Waals surface area contributed by atoms with Gasteiger partial charge in [0.05, 0.1) is 6.04 Å². The summed E-state index contributed by atoms with van der Waals surface area (Å²) in [5.74, 6) is 0. The Hall–Kier alpha value is -0.810. The van der Waals surface area contributed by atoms with E-state index in [1.807, 2.05) is 6.92 Å². The van der Waals surface area contributed by atoms with Gasteiger partial charge in [0.1, 0.15) is 6.73 Å². The maximum atomic E-state index is 11.6. The van der Waals surface area contributed by atoms with Gasteiger partial charge in [0.2, 0.25) is 0 Å². The highest BCUT2D eigenvalue weighted by molar-refractivity contribution is 5.77. The Kier molecular flexibility index (Phi) is 3.11. The lowest BCUT2D eigenvalue weighted by atomic mass is 10.3. The van der Waals surface area contributed by atoms with E-state index in [9.17, 15) is 4.79 Å². The zero-order valence-electron chi connectivity index (χ0n) is 8.48. The molecule has 5 nitrogen and oxygen atoms in total. The lowest BCUT2D eigenvalue weighted by Gasteiger charge is -2.22. The molecule has 0 aromatic carbocycles. The number of carbonyl (C=O) groups is 1. The summed E-state index contributed by atoms with van der Waals surface area (Å²) in [5, 5.41) is 0. The van der Waals surface area contributed by atoms with Crippen molar-refractivity contribution in [3.8, 4) is 0 Å². The van der Waals surface area contributed by atoms with Crippen LogP contribution in [0.3, 0.4) is 0 Å². The molecule has 1 saturated heterocycles. The summed E-state index contributed by atoms with van der Waals surface area (Å²) in [4.78, 5) is 14.8. The molecule has 0 spiro atoms. The molecule has 1 aliphatic rings. The van der Waals surface area contributed by atoms with E-state index in [4.69, 9.17) is 9.47 Å². The van der Waals surface area contributed by atoms with E-state index in [1.165, 1.54) is 0 Å². The zero-order chi connectivity index (χ0) is 10.0. The highest BCUT2D eigenvalue weighted by Gasteiger charge is 2.41. The Bertz CT molecular complexity index is 198. The standard InChI is InChI=1S/C8H16N2O3/c1-6-7(13-4)10(5-12-3)8(11)9(6)2/h6-7H,5H2,1-4H3. The lowest BCUT2D eigenvalue weighted by Crippen LogP contribution is -2.38. The number of rotatable bonds is 3. The third kappa shape index (κ3) is 1.62. The maximum absolute atomic E-state index is 11.6. The summed E-state index contributed by atoms with van der Waals surface area (Å²) in [7, 11) is 4.91. The topological polar surface area (TPSA) is 42.0 Å². The summed E-state index contributed by atoms with van der Waals surface area (Å²) in [6.07, 6.45) is -0.211. The van der Waals surface area contributed by atoms with Crippen LogP contribution in [0, 0.1) is 0 Å². The van der Waals surface area contributed by atoms with Gasteiger partial charge in [-0.2, -0.15) is 0 Å². The van der Waals surface area contributed by atoms with Crippen molar-refractivity contribution < 1.29 is 14.3 Å². The molecule has 13 heavy (non-hydrogen) atoms. The highest BCUT2D eigenvalue weighted by Crippen LogP contribution is 2.21. The smallest absolute Gasteiger partial charge is 0.324 e. The quantitative estimate of drug-likeness (QED) is 0.640. The average molecular weight is 188 g/mol. The van der Waals surface area contributed by atoms with E-state index in [0.717, 1.165) is 0 Å². The van der Waals surface area contributed by atoms with Gasteiger partial charge in [0.25, 0.3) is 0 Å². The molecule has 0 saturated carbocycles. The van der Waals surface area contributed by atoms with Crippen LogP contribution < -0.4 is 0 Å². The van der Waals surface area contributed by atoms with Crippen LogP contribution in [-0.4, -0.2) is 56.1 Å². The van der Waals surface area contributed by atoms with Gasteiger partial charge in [-0.25, -0.2) is 4.79 Å². The van der Waals surface area contributed by atoms with E-state index in [-0.39, 0.29) is 25.0 Å². The monoisotopic (exact) mass is 188 g/mol. The Morgan fingerprint density at radius 2 is 2.08 bits per heavy atom. The minimum absolute atomic E-state index is 0.0544. The van der Waals surface area contributed by atoms with Crippen molar-refractivity contribution in [1.82, 2.24) is 9.80 Å². The number of nitrogens with zero attached hydrogens (tertiary/aromatic N) is 2. The van der Waals surface area contributed by atoms with Gasteiger partial charge in [-0.05, 0) is 6.92 Å². The van der Waals surface area contributed by atoms with Gasteiger partial charge in [0, 0.05) is 21.3 Å². The van der Waals surface area contributed by atoms with Crippen LogP contribution in [0.25, 0.3) is 0 Å². The lowest BCUT2D eigenvalue weighted by molar-refractivity contribution is -0.0451. The molecule has 5 heteroatoms. The molecule has 2 unspecified atom stereocenters. The van der Waals surface area contributed by atoms with Crippen LogP contribution in [0.5, 0.6) is 0 Å². The SMILES string of the molecule is COCN1C(=O)N(C)C(C)C1OC.